The number of fused-ring (bicyclic) bond motifs is 1. The molecular formula is C16H11ClO3. The van der Waals surface area contributed by atoms with Gasteiger partial charge in [0.05, 0.1) is 5.02 Å². The Morgan fingerprint density at radius 2 is 1.80 bits per heavy atom. The molecule has 2 aromatic carbocycles. The monoisotopic (exact) mass is 286 g/mol. The van der Waals surface area contributed by atoms with E-state index in [0.717, 1.165) is 5.56 Å². The van der Waals surface area contributed by atoms with Crippen LogP contribution in [0.1, 0.15) is 15.9 Å². The van der Waals surface area contributed by atoms with Crippen molar-refractivity contribution in [2.45, 2.75) is 0 Å². The lowest BCUT2D eigenvalue weighted by Crippen LogP contribution is -1.93. The zero-order valence-corrected chi connectivity index (χ0v) is 11.3. The zero-order valence-electron chi connectivity index (χ0n) is 10.5. The van der Waals surface area contributed by atoms with E-state index in [0.29, 0.717) is 22.1 Å². The van der Waals surface area contributed by atoms with Gasteiger partial charge >= 0.3 is 0 Å². The average Bonchev–Trinajstić information content (AvgIpc) is 2.92. The van der Waals surface area contributed by atoms with E-state index >= 15 is 0 Å². The van der Waals surface area contributed by atoms with Gasteiger partial charge in [0.1, 0.15) is 0 Å². The smallest absolute Gasteiger partial charge is 0.231 e. The maximum atomic E-state index is 12.0. The summed E-state index contributed by atoms with van der Waals surface area (Å²) >= 11 is 6.14. The molecule has 0 radical (unpaired) electrons. The molecule has 0 spiro atoms. The topological polar surface area (TPSA) is 35.5 Å². The zero-order chi connectivity index (χ0) is 13.9. The van der Waals surface area contributed by atoms with Crippen LogP contribution in [-0.2, 0) is 0 Å². The van der Waals surface area contributed by atoms with Gasteiger partial charge in [-0.1, -0.05) is 41.9 Å². The molecular weight excluding hydrogens is 276 g/mol. The summed E-state index contributed by atoms with van der Waals surface area (Å²) in [6.07, 6.45) is 3.18. The molecule has 0 unspecified atom stereocenters. The predicted molar refractivity (Wildman–Crippen MR) is 77.4 cm³/mol. The summed E-state index contributed by atoms with van der Waals surface area (Å²) in [7, 11) is 0. The van der Waals surface area contributed by atoms with Crippen molar-refractivity contribution >= 4 is 23.5 Å². The SMILES string of the molecule is O=C(/C=C/c1cc2c(cc1Cl)OCO2)c1ccccc1. The minimum Gasteiger partial charge on any atom is -0.454 e. The van der Waals surface area contributed by atoms with Crippen molar-refractivity contribution in [2.24, 2.45) is 0 Å². The molecule has 1 aliphatic rings. The van der Waals surface area contributed by atoms with Gasteiger partial charge in [-0.15, -0.1) is 0 Å². The summed E-state index contributed by atoms with van der Waals surface area (Å²) in [5, 5.41) is 0.520. The van der Waals surface area contributed by atoms with Crippen LogP contribution >= 0.6 is 11.6 Å². The van der Waals surface area contributed by atoms with Crippen LogP contribution in [0.25, 0.3) is 6.08 Å². The highest BCUT2D eigenvalue weighted by atomic mass is 35.5. The Balaban J connectivity index is 1.84. The van der Waals surface area contributed by atoms with Gasteiger partial charge in [0.15, 0.2) is 17.3 Å². The van der Waals surface area contributed by atoms with Gasteiger partial charge in [0.25, 0.3) is 0 Å². The molecule has 0 saturated heterocycles. The lowest BCUT2D eigenvalue weighted by molar-refractivity contribution is 0.104. The van der Waals surface area contributed by atoms with Crippen LogP contribution in [0.5, 0.6) is 11.5 Å². The van der Waals surface area contributed by atoms with E-state index in [2.05, 4.69) is 0 Å². The van der Waals surface area contributed by atoms with E-state index in [1.54, 1.807) is 30.3 Å². The number of ether oxygens (including phenoxy) is 2. The maximum Gasteiger partial charge on any atom is 0.231 e. The largest absolute Gasteiger partial charge is 0.454 e. The van der Waals surface area contributed by atoms with Crippen LogP contribution in [0.4, 0.5) is 0 Å². The highest BCUT2D eigenvalue weighted by Gasteiger charge is 2.15. The Hall–Kier alpha value is -2.26. The minimum absolute atomic E-state index is 0.0701. The third-order valence-electron chi connectivity index (χ3n) is 2.96. The summed E-state index contributed by atoms with van der Waals surface area (Å²) in [6.45, 7) is 0.196. The Bertz CT molecular complexity index is 678. The van der Waals surface area contributed by atoms with Gasteiger partial charge < -0.3 is 9.47 Å². The van der Waals surface area contributed by atoms with Crippen molar-refractivity contribution in [2.75, 3.05) is 6.79 Å². The van der Waals surface area contributed by atoms with Crippen molar-refractivity contribution in [3.05, 3.63) is 64.7 Å². The van der Waals surface area contributed by atoms with Crippen LogP contribution < -0.4 is 9.47 Å². The van der Waals surface area contributed by atoms with E-state index in [9.17, 15) is 4.79 Å². The van der Waals surface area contributed by atoms with Gasteiger partial charge in [-0.2, -0.15) is 0 Å². The molecule has 0 aromatic heterocycles. The number of hydrogen-bond acceptors (Lipinski definition) is 3. The minimum atomic E-state index is -0.0701. The molecule has 0 atom stereocenters. The molecule has 0 bridgehead atoms. The lowest BCUT2D eigenvalue weighted by Gasteiger charge is -2.01. The molecule has 4 heteroatoms. The average molecular weight is 287 g/mol. The maximum absolute atomic E-state index is 12.0. The molecule has 20 heavy (non-hydrogen) atoms. The first-order valence-corrected chi connectivity index (χ1v) is 6.48. The molecule has 0 N–H and O–H groups in total. The lowest BCUT2D eigenvalue weighted by atomic mass is 10.1. The van der Waals surface area contributed by atoms with E-state index in [1.165, 1.54) is 6.08 Å². The highest BCUT2D eigenvalue weighted by Crippen LogP contribution is 2.37. The molecule has 0 aliphatic carbocycles. The van der Waals surface area contributed by atoms with E-state index in [1.807, 2.05) is 18.2 Å². The number of hydrogen-bond donors (Lipinski definition) is 0. The van der Waals surface area contributed by atoms with Gasteiger partial charge in [-0.3, -0.25) is 4.79 Å². The van der Waals surface area contributed by atoms with E-state index in [4.69, 9.17) is 21.1 Å². The normalized spacial score (nSPS) is 12.8. The van der Waals surface area contributed by atoms with Crippen LogP contribution in [0.2, 0.25) is 5.02 Å². The third-order valence-corrected chi connectivity index (χ3v) is 3.29. The van der Waals surface area contributed by atoms with E-state index in [-0.39, 0.29) is 12.6 Å². The van der Waals surface area contributed by atoms with Crippen LogP contribution in [-0.4, -0.2) is 12.6 Å². The number of halogens is 1. The fourth-order valence-electron chi connectivity index (χ4n) is 1.92. The van der Waals surface area contributed by atoms with Crippen LogP contribution in [0, 0.1) is 0 Å². The number of rotatable bonds is 3. The first-order chi connectivity index (χ1) is 9.74. The second kappa shape index (κ2) is 5.39. The van der Waals surface area contributed by atoms with Crippen LogP contribution in [0.15, 0.2) is 48.5 Å². The fourth-order valence-corrected chi connectivity index (χ4v) is 2.14. The van der Waals surface area contributed by atoms with Crippen LogP contribution in [0.3, 0.4) is 0 Å². The third kappa shape index (κ3) is 2.53. The van der Waals surface area contributed by atoms with Gasteiger partial charge in [0.2, 0.25) is 6.79 Å². The first kappa shape index (κ1) is 12.8. The summed E-state index contributed by atoms with van der Waals surface area (Å²) in [4.78, 5) is 12.0. The molecule has 0 saturated carbocycles. The van der Waals surface area contributed by atoms with Crippen molar-refractivity contribution < 1.29 is 14.3 Å². The summed E-state index contributed by atoms with van der Waals surface area (Å²) < 4.78 is 10.5. The second-order valence-corrected chi connectivity index (χ2v) is 4.70. The predicted octanol–water partition coefficient (Wildman–Crippen LogP) is 3.96. The quantitative estimate of drug-likeness (QED) is 0.633. The standard InChI is InChI=1S/C16H11ClO3/c17-13-9-16-15(19-10-20-16)8-12(13)6-7-14(18)11-4-2-1-3-5-11/h1-9H,10H2/b7-6+. The number of carbonyl (C=O) groups excluding carboxylic acids is 1. The van der Waals surface area contributed by atoms with Crippen molar-refractivity contribution in [3.8, 4) is 11.5 Å². The van der Waals surface area contributed by atoms with E-state index < -0.39 is 0 Å². The molecule has 1 heterocycles. The molecule has 2 aromatic rings. The molecule has 3 rings (SSSR count). The van der Waals surface area contributed by atoms with Crippen molar-refractivity contribution in [1.82, 2.24) is 0 Å². The Morgan fingerprint density at radius 3 is 2.55 bits per heavy atom. The number of carbonyl (C=O) groups is 1. The number of ketones is 1. The highest BCUT2D eigenvalue weighted by molar-refractivity contribution is 6.32. The van der Waals surface area contributed by atoms with Crippen molar-refractivity contribution in [1.29, 1.82) is 0 Å². The first-order valence-electron chi connectivity index (χ1n) is 6.10. The fraction of sp³-hybridized carbons (Fsp3) is 0.0625. The van der Waals surface area contributed by atoms with Gasteiger partial charge in [0, 0.05) is 11.6 Å². The van der Waals surface area contributed by atoms with Gasteiger partial charge in [-0.05, 0) is 23.8 Å². The summed E-state index contributed by atoms with van der Waals surface area (Å²) in [5.41, 5.74) is 1.36. The van der Waals surface area contributed by atoms with Crippen molar-refractivity contribution in [3.63, 3.8) is 0 Å². The Labute approximate surface area is 121 Å². The molecule has 1 aliphatic heterocycles. The Kier molecular flexibility index (Phi) is 3.44. The molecule has 0 amide bonds. The van der Waals surface area contributed by atoms with Gasteiger partial charge in [-0.25, -0.2) is 0 Å². The second-order valence-electron chi connectivity index (χ2n) is 4.29. The molecule has 3 nitrogen and oxygen atoms in total. The Morgan fingerprint density at radius 1 is 1.10 bits per heavy atom. The molecule has 100 valence electrons. The number of allylic oxidation sites excluding steroid dienone is 1. The summed E-state index contributed by atoms with van der Waals surface area (Å²) in [6, 6.07) is 12.5. The molecule has 0 fully saturated rings. The number of benzene rings is 2. The summed E-state index contributed by atoms with van der Waals surface area (Å²) in [5.74, 6) is 1.20.